The largest absolute Gasteiger partial charge is 0.310 e. The van der Waals surface area contributed by atoms with Gasteiger partial charge in [-0.1, -0.05) is 50.2 Å². The molecule has 2 aromatic carbocycles. The molecule has 1 atom stereocenters. The molecular formula is C22H28N2O. The SMILES string of the molecule is Cc1ccccc1CN1CCN(c2ccc(C(C)C)cc2)C(=O)C1C. The topological polar surface area (TPSA) is 23.6 Å². The summed E-state index contributed by atoms with van der Waals surface area (Å²) in [6.07, 6.45) is 0. The molecule has 25 heavy (non-hydrogen) atoms. The van der Waals surface area contributed by atoms with Crippen molar-refractivity contribution in [2.24, 2.45) is 0 Å². The van der Waals surface area contributed by atoms with Crippen LogP contribution in [0.5, 0.6) is 0 Å². The van der Waals surface area contributed by atoms with Crippen molar-refractivity contribution >= 4 is 11.6 Å². The fourth-order valence-electron chi connectivity index (χ4n) is 3.43. The lowest BCUT2D eigenvalue weighted by atomic mass is 10.0. The highest BCUT2D eigenvalue weighted by molar-refractivity contribution is 5.97. The Morgan fingerprint density at radius 3 is 2.36 bits per heavy atom. The highest BCUT2D eigenvalue weighted by Gasteiger charge is 2.32. The summed E-state index contributed by atoms with van der Waals surface area (Å²) in [7, 11) is 0. The third-order valence-electron chi connectivity index (χ3n) is 5.29. The first-order valence-corrected chi connectivity index (χ1v) is 9.17. The number of carbonyl (C=O) groups is 1. The highest BCUT2D eigenvalue weighted by Crippen LogP contribution is 2.24. The van der Waals surface area contributed by atoms with E-state index in [0.717, 1.165) is 25.3 Å². The van der Waals surface area contributed by atoms with Crippen LogP contribution in [0.2, 0.25) is 0 Å². The van der Waals surface area contributed by atoms with E-state index in [1.165, 1.54) is 16.7 Å². The Hall–Kier alpha value is -2.13. The summed E-state index contributed by atoms with van der Waals surface area (Å²) in [4.78, 5) is 17.1. The van der Waals surface area contributed by atoms with Gasteiger partial charge in [-0.05, 0) is 48.6 Å². The van der Waals surface area contributed by atoms with Crippen LogP contribution >= 0.6 is 0 Å². The molecule has 1 unspecified atom stereocenters. The van der Waals surface area contributed by atoms with E-state index in [2.05, 4.69) is 74.2 Å². The third kappa shape index (κ3) is 3.77. The second-order valence-corrected chi connectivity index (χ2v) is 7.31. The Labute approximate surface area is 151 Å². The van der Waals surface area contributed by atoms with E-state index in [0.29, 0.717) is 5.92 Å². The van der Waals surface area contributed by atoms with Crippen molar-refractivity contribution in [1.82, 2.24) is 4.90 Å². The van der Waals surface area contributed by atoms with Crippen LogP contribution in [-0.4, -0.2) is 29.9 Å². The molecular weight excluding hydrogens is 308 g/mol. The quantitative estimate of drug-likeness (QED) is 0.828. The molecule has 3 nitrogen and oxygen atoms in total. The van der Waals surface area contributed by atoms with Crippen molar-refractivity contribution in [1.29, 1.82) is 0 Å². The predicted molar refractivity (Wildman–Crippen MR) is 104 cm³/mol. The van der Waals surface area contributed by atoms with Gasteiger partial charge in [0, 0.05) is 25.3 Å². The van der Waals surface area contributed by atoms with Crippen molar-refractivity contribution in [2.45, 2.75) is 46.2 Å². The van der Waals surface area contributed by atoms with Gasteiger partial charge in [-0.15, -0.1) is 0 Å². The van der Waals surface area contributed by atoms with E-state index < -0.39 is 0 Å². The average molecular weight is 336 g/mol. The summed E-state index contributed by atoms with van der Waals surface area (Å²) >= 11 is 0. The van der Waals surface area contributed by atoms with Crippen molar-refractivity contribution < 1.29 is 4.79 Å². The summed E-state index contributed by atoms with van der Waals surface area (Å²) in [6.45, 7) is 11.0. The minimum absolute atomic E-state index is 0.0990. The van der Waals surface area contributed by atoms with Crippen molar-refractivity contribution in [3.8, 4) is 0 Å². The highest BCUT2D eigenvalue weighted by atomic mass is 16.2. The third-order valence-corrected chi connectivity index (χ3v) is 5.29. The van der Waals surface area contributed by atoms with Gasteiger partial charge in [-0.25, -0.2) is 0 Å². The molecule has 1 aliphatic heterocycles. The maximum absolute atomic E-state index is 12.9. The van der Waals surface area contributed by atoms with Crippen molar-refractivity contribution in [3.05, 3.63) is 65.2 Å². The van der Waals surface area contributed by atoms with E-state index in [9.17, 15) is 4.79 Å². The molecule has 0 saturated carbocycles. The minimum Gasteiger partial charge on any atom is -0.310 e. The second-order valence-electron chi connectivity index (χ2n) is 7.31. The zero-order chi connectivity index (χ0) is 18.0. The van der Waals surface area contributed by atoms with E-state index in [-0.39, 0.29) is 11.9 Å². The van der Waals surface area contributed by atoms with Gasteiger partial charge in [-0.3, -0.25) is 9.69 Å². The standard InChI is InChI=1S/C22H28N2O/c1-16(2)19-9-11-21(12-10-19)24-14-13-23(18(4)22(24)25)15-20-8-6-5-7-17(20)3/h5-12,16,18H,13-15H2,1-4H3. The normalized spacial score (nSPS) is 18.8. The van der Waals surface area contributed by atoms with Gasteiger partial charge in [-0.2, -0.15) is 0 Å². The molecule has 1 saturated heterocycles. The Bertz CT molecular complexity index is 736. The fraction of sp³-hybridized carbons (Fsp3) is 0.409. The number of nitrogens with zero attached hydrogens (tertiary/aromatic N) is 2. The summed E-state index contributed by atoms with van der Waals surface area (Å²) in [5.74, 6) is 0.701. The molecule has 0 radical (unpaired) electrons. The first-order valence-electron chi connectivity index (χ1n) is 9.17. The zero-order valence-electron chi connectivity index (χ0n) is 15.7. The molecule has 3 rings (SSSR count). The molecule has 2 aromatic rings. The first kappa shape index (κ1) is 17.7. The Morgan fingerprint density at radius 2 is 1.72 bits per heavy atom. The molecule has 0 spiro atoms. The number of amides is 1. The minimum atomic E-state index is -0.0990. The predicted octanol–water partition coefficient (Wildman–Crippen LogP) is 4.36. The summed E-state index contributed by atoms with van der Waals surface area (Å²) in [5.41, 5.74) is 4.91. The molecule has 1 aliphatic rings. The summed E-state index contributed by atoms with van der Waals surface area (Å²) in [5, 5.41) is 0. The van der Waals surface area contributed by atoms with Crippen LogP contribution in [-0.2, 0) is 11.3 Å². The van der Waals surface area contributed by atoms with E-state index in [4.69, 9.17) is 0 Å². The Kier molecular flexibility index (Phi) is 5.24. The lowest BCUT2D eigenvalue weighted by molar-refractivity contribution is -0.125. The lowest BCUT2D eigenvalue weighted by Crippen LogP contribution is -2.55. The number of hydrogen-bond acceptors (Lipinski definition) is 2. The number of benzene rings is 2. The number of rotatable bonds is 4. The number of hydrogen-bond donors (Lipinski definition) is 0. The monoisotopic (exact) mass is 336 g/mol. The van der Waals surface area contributed by atoms with Gasteiger partial charge in [0.1, 0.15) is 0 Å². The Morgan fingerprint density at radius 1 is 1.04 bits per heavy atom. The van der Waals surface area contributed by atoms with Gasteiger partial charge < -0.3 is 4.90 Å². The number of aryl methyl sites for hydroxylation is 1. The molecule has 0 bridgehead atoms. The molecule has 3 heteroatoms. The molecule has 1 fully saturated rings. The van der Waals surface area contributed by atoms with Gasteiger partial charge >= 0.3 is 0 Å². The van der Waals surface area contributed by atoms with Gasteiger partial charge in [0.25, 0.3) is 0 Å². The maximum atomic E-state index is 12.9. The molecule has 1 heterocycles. The van der Waals surface area contributed by atoms with Crippen molar-refractivity contribution in [3.63, 3.8) is 0 Å². The smallest absolute Gasteiger partial charge is 0.244 e. The number of anilines is 1. The van der Waals surface area contributed by atoms with Gasteiger partial charge in [0.15, 0.2) is 0 Å². The average Bonchev–Trinajstić information content (AvgIpc) is 2.61. The molecule has 0 aliphatic carbocycles. The second kappa shape index (κ2) is 7.40. The maximum Gasteiger partial charge on any atom is 0.244 e. The van der Waals surface area contributed by atoms with Crippen LogP contribution in [0.15, 0.2) is 48.5 Å². The molecule has 0 N–H and O–H groups in total. The van der Waals surface area contributed by atoms with E-state index >= 15 is 0 Å². The van der Waals surface area contributed by atoms with E-state index in [1.54, 1.807) is 0 Å². The van der Waals surface area contributed by atoms with Crippen LogP contribution in [0, 0.1) is 6.92 Å². The van der Waals surface area contributed by atoms with Gasteiger partial charge in [0.05, 0.1) is 6.04 Å². The summed E-state index contributed by atoms with van der Waals surface area (Å²) < 4.78 is 0. The molecule has 0 aromatic heterocycles. The summed E-state index contributed by atoms with van der Waals surface area (Å²) in [6, 6.07) is 16.8. The van der Waals surface area contributed by atoms with Crippen LogP contribution in [0.25, 0.3) is 0 Å². The van der Waals surface area contributed by atoms with Crippen LogP contribution < -0.4 is 4.90 Å². The van der Waals surface area contributed by atoms with Crippen molar-refractivity contribution in [2.75, 3.05) is 18.0 Å². The number of carbonyl (C=O) groups excluding carboxylic acids is 1. The van der Waals surface area contributed by atoms with E-state index in [1.807, 2.05) is 11.8 Å². The number of piperazine rings is 1. The van der Waals surface area contributed by atoms with Crippen LogP contribution in [0.3, 0.4) is 0 Å². The fourth-order valence-corrected chi connectivity index (χ4v) is 3.43. The molecule has 132 valence electrons. The first-order chi connectivity index (χ1) is 12.0. The zero-order valence-corrected chi connectivity index (χ0v) is 15.7. The van der Waals surface area contributed by atoms with Gasteiger partial charge in [0.2, 0.25) is 5.91 Å². The lowest BCUT2D eigenvalue weighted by Gasteiger charge is -2.39. The van der Waals surface area contributed by atoms with Crippen LogP contribution in [0.4, 0.5) is 5.69 Å². The van der Waals surface area contributed by atoms with Crippen LogP contribution in [0.1, 0.15) is 43.4 Å². The Balaban J connectivity index is 1.72. The molecule has 1 amide bonds.